The molecule has 0 bridgehead atoms. The molecule has 0 amide bonds. The van der Waals surface area contributed by atoms with Crippen molar-refractivity contribution < 1.29 is 4.74 Å². The third-order valence-electron chi connectivity index (χ3n) is 3.97. The molecule has 2 unspecified atom stereocenters. The first-order valence-corrected chi connectivity index (χ1v) is 9.95. The average molecular weight is 405 g/mol. The van der Waals surface area contributed by atoms with Crippen molar-refractivity contribution in [2.45, 2.75) is 12.1 Å². The lowest BCUT2D eigenvalue weighted by Gasteiger charge is -2.28. The quantitative estimate of drug-likeness (QED) is 0.609. The molecule has 1 N–H and O–H groups in total. The van der Waals surface area contributed by atoms with E-state index in [0.29, 0.717) is 0 Å². The lowest BCUT2D eigenvalue weighted by molar-refractivity contribution is 0.118. The largest absolute Gasteiger partial charge is 0.369 e. The predicted octanol–water partition coefficient (Wildman–Crippen LogP) is 4.29. The van der Waals surface area contributed by atoms with E-state index in [1.54, 1.807) is 0 Å². The highest BCUT2D eigenvalue weighted by Gasteiger charge is 2.24. The first-order chi connectivity index (χ1) is 11.8. The van der Waals surface area contributed by atoms with Crippen LogP contribution in [0.25, 0.3) is 0 Å². The van der Waals surface area contributed by atoms with Gasteiger partial charge in [-0.2, -0.15) is 11.8 Å². The summed E-state index contributed by atoms with van der Waals surface area (Å²) in [5, 5.41) is 3.62. The van der Waals surface area contributed by atoms with Crippen molar-refractivity contribution in [3.05, 3.63) is 70.2 Å². The summed E-state index contributed by atoms with van der Waals surface area (Å²) in [7, 11) is 1.83. The number of nitrogens with zero attached hydrogens (tertiary/aromatic N) is 1. The number of halogens is 1. The number of ether oxygens (including phenoxy) is 1. The van der Waals surface area contributed by atoms with Crippen molar-refractivity contribution in [1.82, 2.24) is 5.32 Å². The molecule has 0 aliphatic carbocycles. The molecule has 0 aromatic heterocycles. The number of amidine groups is 1. The molecular formula is C19H21BrN2OS. The Balaban J connectivity index is 1.89. The predicted molar refractivity (Wildman–Crippen MR) is 106 cm³/mol. The van der Waals surface area contributed by atoms with E-state index in [-0.39, 0.29) is 12.1 Å². The molecular weight excluding hydrogens is 384 g/mol. The van der Waals surface area contributed by atoms with Crippen molar-refractivity contribution in [1.29, 1.82) is 0 Å². The van der Waals surface area contributed by atoms with Gasteiger partial charge >= 0.3 is 0 Å². The Bertz CT molecular complexity index is 687. The van der Waals surface area contributed by atoms with Gasteiger partial charge in [0.2, 0.25) is 0 Å². The molecule has 126 valence electrons. The molecule has 24 heavy (non-hydrogen) atoms. The fourth-order valence-electron chi connectivity index (χ4n) is 2.79. The zero-order valence-corrected chi connectivity index (χ0v) is 16.0. The minimum absolute atomic E-state index is 0.0344. The smallest absolute Gasteiger partial charge is 0.127 e. The number of rotatable bonds is 4. The maximum absolute atomic E-state index is 5.90. The molecule has 3 rings (SSSR count). The van der Waals surface area contributed by atoms with E-state index in [1.165, 1.54) is 11.1 Å². The monoisotopic (exact) mass is 404 g/mol. The van der Waals surface area contributed by atoms with Gasteiger partial charge in [-0.3, -0.25) is 4.99 Å². The molecule has 3 nitrogen and oxygen atoms in total. The standard InChI is InChI=1S/C19H21BrN2OS/c1-21-19(17-13-24-11-10-23-17)22-18(14-6-3-2-4-7-14)15-8-5-9-16(20)12-15/h2-9,12,17-18H,10-11,13H2,1H3,(H,21,22). The van der Waals surface area contributed by atoms with Gasteiger partial charge in [-0.1, -0.05) is 58.4 Å². The maximum atomic E-state index is 5.90. The Labute approximate surface area is 156 Å². The van der Waals surface area contributed by atoms with Crippen molar-refractivity contribution in [3.63, 3.8) is 0 Å². The Morgan fingerprint density at radius 2 is 2.00 bits per heavy atom. The van der Waals surface area contributed by atoms with Crippen LogP contribution in [0.15, 0.2) is 64.1 Å². The van der Waals surface area contributed by atoms with Crippen LogP contribution in [0.2, 0.25) is 0 Å². The van der Waals surface area contributed by atoms with Gasteiger partial charge in [0.15, 0.2) is 0 Å². The average Bonchev–Trinajstić information content (AvgIpc) is 2.64. The summed E-state index contributed by atoms with van der Waals surface area (Å²) in [5.74, 6) is 2.91. The Morgan fingerprint density at radius 3 is 2.67 bits per heavy atom. The van der Waals surface area contributed by atoms with Gasteiger partial charge in [0.05, 0.1) is 12.6 Å². The molecule has 1 fully saturated rings. The van der Waals surface area contributed by atoms with Crippen LogP contribution < -0.4 is 5.32 Å². The van der Waals surface area contributed by atoms with E-state index >= 15 is 0 Å². The van der Waals surface area contributed by atoms with Gasteiger partial charge in [0.1, 0.15) is 11.9 Å². The molecule has 1 saturated heterocycles. The summed E-state index contributed by atoms with van der Waals surface area (Å²) < 4.78 is 6.98. The molecule has 2 atom stereocenters. The molecule has 0 radical (unpaired) electrons. The van der Waals surface area contributed by atoms with Crippen LogP contribution in [-0.2, 0) is 4.74 Å². The van der Waals surface area contributed by atoms with Crippen LogP contribution in [0.4, 0.5) is 0 Å². The molecule has 0 spiro atoms. The van der Waals surface area contributed by atoms with E-state index < -0.39 is 0 Å². The lowest BCUT2D eigenvalue weighted by Crippen LogP contribution is -2.42. The second-order valence-electron chi connectivity index (χ2n) is 5.59. The number of benzene rings is 2. The van der Waals surface area contributed by atoms with E-state index in [4.69, 9.17) is 4.74 Å². The minimum Gasteiger partial charge on any atom is -0.369 e. The highest BCUT2D eigenvalue weighted by Crippen LogP contribution is 2.25. The molecule has 1 heterocycles. The highest BCUT2D eigenvalue weighted by molar-refractivity contribution is 9.10. The van der Waals surface area contributed by atoms with Crippen LogP contribution >= 0.6 is 27.7 Å². The normalized spacial score (nSPS) is 19.8. The minimum atomic E-state index is 0.0344. The molecule has 0 saturated carbocycles. The van der Waals surface area contributed by atoms with E-state index in [2.05, 4.69) is 68.7 Å². The van der Waals surface area contributed by atoms with Gasteiger partial charge in [0, 0.05) is 23.0 Å². The zero-order chi connectivity index (χ0) is 16.8. The summed E-state index contributed by atoms with van der Waals surface area (Å²) in [6, 6.07) is 18.9. The summed E-state index contributed by atoms with van der Waals surface area (Å²) in [4.78, 5) is 4.48. The number of aliphatic imine (C=N–C) groups is 1. The van der Waals surface area contributed by atoms with Crippen molar-refractivity contribution in [2.75, 3.05) is 25.2 Å². The van der Waals surface area contributed by atoms with Gasteiger partial charge in [0.25, 0.3) is 0 Å². The van der Waals surface area contributed by atoms with Crippen molar-refractivity contribution in [2.24, 2.45) is 4.99 Å². The highest BCUT2D eigenvalue weighted by atomic mass is 79.9. The van der Waals surface area contributed by atoms with Crippen LogP contribution in [0.5, 0.6) is 0 Å². The van der Waals surface area contributed by atoms with E-state index in [0.717, 1.165) is 28.4 Å². The van der Waals surface area contributed by atoms with E-state index in [9.17, 15) is 0 Å². The Morgan fingerprint density at radius 1 is 1.21 bits per heavy atom. The fraction of sp³-hybridized carbons (Fsp3) is 0.316. The summed E-state index contributed by atoms with van der Waals surface area (Å²) in [5.41, 5.74) is 2.40. The maximum Gasteiger partial charge on any atom is 0.127 e. The Hall–Kier alpha value is -1.30. The Kier molecular flexibility index (Phi) is 6.35. The second-order valence-corrected chi connectivity index (χ2v) is 7.65. The number of nitrogens with one attached hydrogen (secondary N) is 1. The number of thioether (sulfide) groups is 1. The molecule has 2 aromatic rings. The van der Waals surface area contributed by atoms with Crippen LogP contribution in [-0.4, -0.2) is 37.1 Å². The van der Waals surface area contributed by atoms with Crippen molar-refractivity contribution >= 4 is 33.5 Å². The third-order valence-corrected chi connectivity index (χ3v) is 5.46. The summed E-state index contributed by atoms with van der Waals surface area (Å²) >= 11 is 5.49. The molecule has 5 heteroatoms. The first kappa shape index (κ1) is 17.5. The molecule has 1 aliphatic heterocycles. The van der Waals surface area contributed by atoms with Gasteiger partial charge in [-0.25, -0.2) is 0 Å². The first-order valence-electron chi connectivity index (χ1n) is 8.01. The fourth-order valence-corrected chi connectivity index (χ4v) is 4.05. The molecule has 1 aliphatic rings. The van der Waals surface area contributed by atoms with E-state index in [1.807, 2.05) is 30.9 Å². The lowest BCUT2D eigenvalue weighted by atomic mass is 9.98. The van der Waals surface area contributed by atoms with Crippen LogP contribution in [0.3, 0.4) is 0 Å². The second kappa shape index (κ2) is 8.70. The van der Waals surface area contributed by atoms with Gasteiger partial charge in [-0.05, 0) is 23.3 Å². The van der Waals surface area contributed by atoms with Crippen LogP contribution in [0.1, 0.15) is 17.2 Å². The SMILES string of the molecule is CN=C(NC(c1ccccc1)c1cccc(Br)c1)C1CSCCO1. The van der Waals surface area contributed by atoms with Crippen molar-refractivity contribution in [3.8, 4) is 0 Å². The number of hydrogen-bond donors (Lipinski definition) is 1. The summed E-state index contributed by atoms with van der Waals surface area (Å²) in [6.45, 7) is 0.781. The van der Waals surface area contributed by atoms with Gasteiger partial charge in [-0.15, -0.1) is 0 Å². The topological polar surface area (TPSA) is 33.6 Å². The number of hydrogen-bond acceptors (Lipinski definition) is 3. The summed E-state index contributed by atoms with van der Waals surface area (Å²) in [6.07, 6.45) is 0.0344. The third kappa shape index (κ3) is 4.41. The van der Waals surface area contributed by atoms with Crippen LogP contribution in [0, 0.1) is 0 Å². The molecule has 2 aromatic carbocycles. The van der Waals surface area contributed by atoms with Gasteiger partial charge < -0.3 is 10.1 Å². The zero-order valence-electron chi connectivity index (χ0n) is 13.6.